The average Bonchev–Trinajstić information content (AvgIpc) is 2.28. The van der Waals surface area contributed by atoms with Crippen LogP contribution in [0.2, 0.25) is 0 Å². The summed E-state index contributed by atoms with van der Waals surface area (Å²) in [5.41, 5.74) is 7.37. The standard InChI is InChI=1S/C12H18N2O/c1-3-9(2)12(15)14-11-6-4-5-10(7-11)8-13/h4-7,9H,3,8,13H2,1-2H3,(H,14,15)/t9-/m0/s1. The second-order valence-corrected chi connectivity index (χ2v) is 3.70. The lowest BCUT2D eigenvalue weighted by Crippen LogP contribution is -2.19. The van der Waals surface area contributed by atoms with Gasteiger partial charge in [0.1, 0.15) is 0 Å². The molecule has 3 N–H and O–H groups in total. The topological polar surface area (TPSA) is 55.1 Å². The first kappa shape index (κ1) is 11.7. The predicted molar refractivity (Wildman–Crippen MR) is 62.4 cm³/mol. The average molecular weight is 206 g/mol. The molecule has 82 valence electrons. The van der Waals surface area contributed by atoms with E-state index in [-0.39, 0.29) is 11.8 Å². The lowest BCUT2D eigenvalue weighted by molar-refractivity contribution is -0.119. The van der Waals surface area contributed by atoms with E-state index in [1.165, 1.54) is 0 Å². The fourth-order valence-corrected chi connectivity index (χ4v) is 1.23. The van der Waals surface area contributed by atoms with Gasteiger partial charge in [0.05, 0.1) is 0 Å². The minimum atomic E-state index is 0.0477. The Bertz CT molecular complexity index is 336. The third-order valence-corrected chi connectivity index (χ3v) is 2.49. The van der Waals surface area contributed by atoms with E-state index in [1.54, 1.807) is 0 Å². The van der Waals surface area contributed by atoms with Gasteiger partial charge in [0.25, 0.3) is 0 Å². The molecule has 0 saturated heterocycles. The maximum Gasteiger partial charge on any atom is 0.227 e. The lowest BCUT2D eigenvalue weighted by atomic mass is 10.1. The molecule has 0 fully saturated rings. The van der Waals surface area contributed by atoms with Crippen molar-refractivity contribution in [3.63, 3.8) is 0 Å². The minimum Gasteiger partial charge on any atom is -0.326 e. The van der Waals surface area contributed by atoms with E-state index >= 15 is 0 Å². The molecule has 0 aliphatic heterocycles. The van der Waals surface area contributed by atoms with Crippen LogP contribution in [-0.4, -0.2) is 5.91 Å². The van der Waals surface area contributed by atoms with Crippen molar-refractivity contribution < 1.29 is 4.79 Å². The number of nitrogens with two attached hydrogens (primary N) is 1. The molecule has 0 aromatic heterocycles. The van der Waals surface area contributed by atoms with Gasteiger partial charge in [-0.05, 0) is 24.1 Å². The Kier molecular flexibility index (Phi) is 4.31. The smallest absolute Gasteiger partial charge is 0.227 e. The molecule has 0 bridgehead atoms. The van der Waals surface area contributed by atoms with Crippen LogP contribution in [0.25, 0.3) is 0 Å². The van der Waals surface area contributed by atoms with E-state index in [4.69, 9.17) is 5.73 Å². The summed E-state index contributed by atoms with van der Waals surface area (Å²) in [6, 6.07) is 7.62. The highest BCUT2D eigenvalue weighted by Crippen LogP contribution is 2.12. The van der Waals surface area contributed by atoms with Crippen molar-refractivity contribution in [2.45, 2.75) is 26.8 Å². The van der Waals surface area contributed by atoms with E-state index < -0.39 is 0 Å². The third-order valence-electron chi connectivity index (χ3n) is 2.49. The Balaban J connectivity index is 2.68. The number of carbonyl (C=O) groups is 1. The fourth-order valence-electron chi connectivity index (χ4n) is 1.23. The zero-order valence-corrected chi connectivity index (χ0v) is 9.29. The van der Waals surface area contributed by atoms with Crippen molar-refractivity contribution in [3.8, 4) is 0 Å². The summed E-state index contributed by atoms with van der Waals surface area (Å²) in [6.45, 7) is 4.41. The van der Waals surface area contributed by atoms with Crippen molar-refractivity contribution in [2.75, 3.05) is 5.32 Å². The Morgan fingerprint density at radius 2 is 2.27 bits per heavy atom. The summed E-state index contributed by atoms with van der Waals surface area (Å²) in [6.07, 6.45) is 0.850. The molecule has 0 heterocycles. The van der Waals surface area contributed by atoms with Crippen molar-refractivity contribution in [1.82, 2.24) is 0 Å². The number of hydrogen-bond acceptors (Lipinski definition) is 2. The van der Waals surface area contributed by atoms with E-state index in [0.29, 0.717) is 6.54 Å². The normalized spacial score (nSPS) is 12.2. The number of amides is 1. The number of benzene rings is 1. The van der Waals surface area contributed by atoms with E-state index in [2.05, 4.69) is 5.32 Å². The molecule has 0 radical (unpaired) electrons. The van der Waals surface area contributed by atoms with Crippen molar-refractivity contribution >= 4 is 11.6 Å². The fraction of sp³-hybridized carbons (Fsp3) is 0.417. The first-order valence-electron chi connectivity index (χ1n) is 5.27. The second kappa shape index (κ2) is 5.51. The maximum atomic E-state index is 11.6. The minimum absolute atomic E-state index is 0.0477. The second-order valence-electron chi connectivity index (χ2n) is 3.70. The largest absolute Gasteiger partial charge is 0.326 e. The van der Waals surface area contributed by atoms with Gasteiger partial charge < -0.3 is 11.1 Å². The van der Waals surface area contributed by atoms with Crippen LogP contribution < -0.4 is 11.1 Å². The monoisotopic (exact) mass is 206 g/mol. The van der Waals surface area contributed by atoms with Crippen LogP contribution in [0.1, 0.15) is 25.8 Å². The highest BCUT2D eigenvalue weighted by Gasteiger charge is 2.10. The Hall–Kier alpha value is -1.35. The number of carbonyl (C=O) groups excluding carboxylic acids is 1. The summed E-state index contributed by atoms with van der Waals surface area (Å²) in [5.74, 6) is 0.109. The molecule has 0 spiro atoms. The van der Waals surface area contributed by atoms with Gasteiger partial charge >= 0.3 is 0 Å². The molecule has 1 aromatic rings. The van der Waals surface area contributed by atoms with Crippen LogP contribution in [0, 0.1) is 5.92 Å². The molecular formula is C12H18N2O. The molecule has 1 atom stereocenters. The summed E-state index contributed by atoms with van der Waals surface area (Å²) >= 11 is 0. The zero-order valence-electron chi connectivity index (χ0n) is 9.29. The summed E-state index contributed by atoms with van der Waals surface area (Å²) in [5, 5.41) is 2.87. The maximum absolute atomic E-state index is 11.6. The quantitative estimate of drug-likeness (QED) is 0.793. The number of rotatable bonds is 4. The molecule has 15 heavy (non-hydrogen) atoms. The van der Waals surface area contributed by atoms with Gasteiger partial charge in [0.2, 0.25) is 5.91 Å². The molecule has 0 saturated carbocycles. The molecule has 1 aromatic carbocycles. The molecule has 0 aliphatic rings. The van der Waals surface area contributed by atoms with Crippen molar-refractivity contribution in [1.29, 1.82) is 0 Å². The van der Waals surface area contributed by atoms with Crippen LogP contribution in [0.4, 0.5) is 5.69 Å². The van der Waals surface area contributed by atoms with Crippen LogP contribution in [0.15, 0.2) is 24.3 Å². The first-order valence-corrected chi connectivity index (χ1v) is 5.27. The molecule has 3 heteroatoms. The van der Waals surface area contributed by atoms with Gasteiger partial charge in [-0.15, -0.1) is 0 Å². The summed E-state index contributed by atoms with van der Waals surface area (Å²) in [4.78, 5) is 11.6. The van der Waals surface area contributed by atoms with Gasteiger partial charge in [-0.3, -0.25) is 4.79 Å². The Morgan fingerprint density at radius 3 is 2.87 bits per heavy atom. The zero-order chi connectivity index (χ0) is 11.3. The molecule has 1 amide bonds. The van der Waals surface area contributed by atoms with E-state index in [0.717, 1.165) is 17.7 Å². The SMILES string of the molecule is CC[C@H](C)C(=O)Nc1cccc(CN)c1. The van der Waals surface area contributed by atoms with Crippen molar-refractivity contribution in [2.24, 2.45) is 11.7 Å². The van der Waals surface area contributed by atoms with Gasteiger partial charge in [-0.25, -0.2) is 0 Å². The van der Waals surface area contributed by atoms with E-state index in [1.807, 2.05) is 38.1 Å². The highest BCUT2D eigenvalue weighted by molar-refractivity contribution is 5.92. The highest BCUT2D eigenvalue weighted by atomic mass is 16.1. The van der Waals surface area contributed by atoms with Crippen molar-refractivity contribution in [3.05, 3.63) is 29.8 Å². The number of hydrogen-bond donors (Lipinski definition) is 2. The summed E-state index contributed by atoms with van der Waals surface area (Å²) < 4.78 is 0. The van der Waals surface area contributed by atoms with Gasteiger partial charge in [0.15, 0.2) is 0 Å². The molecule has 0 unspecified atom stereocenters. The summed E-state index contributed by atoms with van der Waals surface area (Å²) in [7, 11) is 0. The first-order chi connectivity index (χ1) is 7.17. The van der Waals surface area contributed by atoms with Crippen LogP contribution in [0.3, 0.4) is 0 Å². The number of anilines is 1. The van der Waals surface area contributed by atoms with Gasteiger partial charge in [-0.1, -0.05) is 26.0 Å². The van der Waals surface area contributed by atoms with Crippen LogP contribution >= 0.6 is 0 Å². The molecule has 0 aliphatic carbocycles. The number of nitrogens with one attached hydrogen (secondary N) is 1. The van der Waals surface area contributed by atoms with E-state index in [9.17, 15) is 4.79 Å². The third kappa shape index (κ3) is 3.36. The Morgan fingerprint density at radius 1 is 1.53 bits per heavy atom. The van der Waals surface area contributed by atoms with Gasteiger partial charge in [0, 0.05) is 18.2 Å². The Labute approximate surface area is 90.7 Å². The van der Waals surface area contributed by atoms with Crippen LogP contribution in [0.5, 0.6) is 0 Å². The molecular weight excluding hydrogens is 188 g/mol. The predicted octanol–water partition coefficient (Wildman–Crippen LogP) is 2.13. The lowest BCUT2D eigenvalue weighted by Gasteiger charge is -2.10. The molecule has 3 nitrogen and oxygen atoms in total. The molecule has 1 rings (SSSR count). The van der Waals surface area contributed by atoms with Gasteiger partial charge in [-0.2, -0.15) is 0 Å². The van der Waals surface area contributed by atoms with Crippen LogP contribution in [-0.2, 0) is 11.3 Å².